The number of halogens is 1. The fourth-order valence-electron chi connectivity index (χ4n) is 2.02. The van der Waals surface area contributed by atoms with Crippen molar-refractivity contribution in [1.29, 1.82) is 0 Å². The van der Waals surface area contributed by atoms with Crippen molar-refractivity contribution >= 4 is 29.3 Å². The van der Waals surface area contributed by atoms with Crippen LogP contribution >= 0.6 is 23.4 Å². The molecule has 0 aromatic heterocycles. The highest BCUT2D eigenvalue weighted by atomic mass is 35.5. The van der Waals surface area contributed by atoms with Crippen molar-refractivity contribution in [3.63, 3.8) is 0 Å². The maximum Gasteiger partial charge on any atom is 0.231 e. The average molecular weight is 271 g/mol. The van der Waals surface area contributed by atoms with Crippen molar-refractivity contribution in [1.82, 2.24) is 4.90 Å². The number of carbonyl (C=O) groups excluding carboxylic acids is 1. The first-order valence-corrected chi connectivity index (χ1v) is 7.05. The van der Waals surface area contributed by atoms with Crippen LogP contribution in [0.3, 0.4) is 0 Å². The Labute approximate surface area is 110 Å². The summed E-state index contributed by atoms with van der Waals surface area (Å²) >= 11 is 7.78. The fourth-order valence-corrected chi connectivity index (χ4v) is 3.30. The SMILES string of the molecule is NC(=O)CN1CCSCC1c1ccc(Cl)cc1. The van der Waals surface area contributed by atoms with E-state index in [1.807, 2.05) is 36.0 Å². The van der Waals surface area contributed by atoms with E-state index >= 15 is 0 Å². The number of carbonyl (C=O) groups is 1. The molecule has 1 aromatic carbocycles. The molecule has 0 saturated carbocycles. The van der Waals surface area contributed by atoms with Gasteiger partial charge in [-0.2, -0.15) is 11.8 Å². The number of hydrogen-bond acceptors (Lipinski definition) is 3. The van der Waals surface area contributed by atoms with Crippen LogP contribution < -0.4 is 5.73 Å². The molecule has 92 valence electrons. The molecular formula is C12H15ClN2OS. The monoisotopic (exact) mass is 270 g/mol. The van der Waals surface area contributed by atoms with Crippen molar-refractivity contribution in [3.8, 4) is 0 Å². The molecule has 1 heterocycles. The molecule has 1 atom stereocenters. The zero-order valence-corrected chi connectivity index (χ0v) is 11.0. The minimum atomic E-state index is -0.268. The van der Waals surface area contributed by atoms with Gasteiger partial charge in [0, 0.05) is 29.1 Å². The molecule has 5 heteroatoms. The quantitative estimate of drug-likeness (QED) is 0.913. The van der Waals surface area contributed by atoms with Crippen molar-refractivity contribution in [2.75, 3.05) is 24.6 Å². The predicted molar refractivity (Wildman–Crippen MR) is 72.3 cm³/mol. The van der Waals surface area contributed by atoms with Gasteiger partial charge < -0.3 is 5.73 Å². The Kier molecular flexibility index (Phi) is 4.31. The van der Waals surface area contributed by atoms with E-state index in [9.17, 15) is 4.79 Å². The van der Waals surface area contributed by atoms with Crippen molar-refractivity contribution in [2.24, 2.45) is 5.73 Å². The van der Waals surface area contributed by atoms with Gasteiger partial charge in [0.05, 0.1) is 6.54 Å². The standard InChI is InChI=1S/C12H15ClN2OS/c13-10-3-1-9(2-4-10)11-8-17-6-5-15(11)7-12(14)16/h1-4,11H,5-8H2,(H2,14,16). The van der Waals surface area contributed by atoms with Crippen molar-refractivity contribution < 1.29 is 4.79 Å². The van der Waals surface area contributed by atoms with Gasteiger partial charge in [-0.05, 0) is 17.7 Å². The number of primary amides is 1. The number of rotatable bonds is 3. The van der Waals surface area contributed by atoms with Crippen LogP contribution in [-0.2, 0) is 4.79 Å². The Bertz CT molecular complexity index is 396. The van der Waals surface area contributed by atoms with Gasteiger partial charge in [-0.15, -0.1) is 0 Å². The molecule has 1 aliphatic heterocycles. The summed E-state index contributed by atoms with van der Waals surface area (Å²) in [5, 5.41) is 0.735. The molecule has 0 bridgehead atoms. The van der Waals surface area contributed by atoms with Crippen molar-refractivity contribution in [3.05, 3.63) is 34.9 Å². The van der Waals surface area contributed by atoms with E-state index in [1.165, 1.54) is 5.56 Å². The van der Waals surface area contributed by atoms with E-state index in [4.69, 9.17) is 17.3 Å². The first-order chi connectivity index (χ1) is 8.16. The third-order valence-electron chi connectivity index (χ3n) is 2.85. The van der Waals surface area contributed by atoms with Gasteiger partial charge in [0.1, 0.15) is 0 Å². The van der Waals surface area contributed by atoms with Crippen LogP contribution in [-0.4, -0.2) is 35.4 Å². The molecule has 0 radical (unpaired) electrons. The molecule has 2 N–H and O–H groups in total. The Morgan fingerprint density at radius 2 is 2.18 bits per heavy atom. The van der Waals surface area contributed by atoms with Gasteiger partial charge >= 0.3 is 0 Å². The number of nitrogens with zero attached hydrogens (tertiary/aromatic N) is 1. The summed E-state index contributed by atoms with van der Waals surface area (Å²) in [6, 6.07) is 8.08. The first kappa shape index (κ1) is 12.7. The fraction of sp³-hybridized carbons (Fsp3) is 0.417. The van der Waals surface area contributed by atoms with Gasteiger partial charge in [-0.25, -0.2) is 0 Å². The summed E-state index contributed by atoms with van der Waals surface area (Å²) in [5.41, 5.74) is 6.48. The van der Waals surface area contributed by atoms with E-state index in [0.717, 1.165) is 23.1 Å². The highest BCUT2D eigenvalue weighted by molar-refractivity contribution is 7.99. The third-order valence-corrected chi connectivity index (χ3v) is 4.13. The topological polar surface area (TPSA) is 46.3 Å². The largest absolute Gasteiger partial charge is 0.369 e. The van der Waals surface area contributed by atoms with Crippen molar-refractivity contribution in [2.45, 2.75) is 6.04 Å². The number of benzene rings is 1. The normalized spacial score (nSPS) is 21.4. The van der Waals surface area contributed by atoms with Gasteiger partial charge in [0.15, 0.2) is 0 Å². The van der Waals surface area contributed by atoms with Crippen LogP contribution in [0.4, 0.5) is 0 Å². The van der Waals surface area contributed by atoms with Crippen LogP contribution in [0.2, 0.25) is 5.02 Å². The summed E-state index contributed by atoms with van der Waals surface area (Å²) in [7, 11) is 0. The van der Waals surface area contributed by atoms with Gasteiger partial charge in [-0.1, -0.05) is 23.7 Å². The van der Waals surface area contributed by atoms with Crippen LogP contribution in [0.15, 0.2) is 24.3 Å². The van der Waals surface area contributed by atoms with Gasteiger partial charge in [0.25, 0.3) is 0 Å². The van der Waals surface area contributed by atoms with E-state index in [-0.39, 0.29) is 11.9 Å². The summed E-state index contributed by atoms with van der Waals surface area (Å²) in [4.78, 5) is 13.2. The van der Waals surface area contributed by atoms with Crippen LogP contribution in [0.25, 0.3) is 0 Å². The molecule has 2 rings (SSSR count). The van der Waals surface area contributed by atoms with E-state index in [2.05, 4.69) is 4.90 Å². The lowest BCUT2D eigenvalue weighted by Gasteiger charge is -2.34. The maximum atomic E-state index is 11.1. The van der Waals surface area contributed by atoms with Crippen LogP contribution in [0, 0.1) is 0 Å². The molecule has 1 fully saturated rings. The molecule has 1 aromatic rings. The lowest BCUT2D eigenvalue weighted by atomic mass is 10.1. The molecule has 1 saturated heterocycles. The molecule has 3 nitrogen and oxygen atoms in total. The van der Waals surface area contributed by atoms with Crippen LogP contribution in [0.5, 0.6) is 0 Å². The second-order valence-electron chi connectivity index (χ2n) is 4.08. The molecule has 17 heavy (non-hydrogen) atoms. The number of hydrogen-bond donors (Lipinski definition) is 1. The minimum absolute atomic E-state index is 0.263. The Morgan fingerprint density at radius 3 is 2.82 bits per heavy atom. The Balaban J connectivity index is 2.15. The maximum absolute atomic E-state index is 11.1. The van der Waals surface area contributed by atoms with Gasteiger partial charge in [-0.3, -0.25) is 9.69 Å². The first-order valence-electron chi connectivity index (χ1n) is 5.52. The lowest BCUT2D eigenvalue weighted by molar-refractivity contribution is -0.119. The van der Waals surface area contributed by atoms with E-state index < -0.39 is 0 Å². The molecular weight excluding hydrogens is 256 g/mol. The zero-order valence-electron chi connectivity index (χ0n) is 9.43. The Morgan fingerprint density at radius 1 is 1.47 bits per heavy atom. The molecule has 1 amide bonds. The molecule has 1 aliphatic rings. The second kappa shape index (κ2) is 5.76. The molecule has 1 unspecified atom stereocenters. The highest BCUT2D eigenvalue weighted by Gasteiger charge is 2.25. The molecule has 0 aliphatic carbocycles. The summed E-state index contributed by atoms with van der Waals surface area (Å²) in [5.74, 6) is 1.78. The lowest BCUT2D eigenvalue weighted by Crippen LogP contribution is -2.41. The summed E-state index contributed by atoms with van der Waals surface area (Å²) < 4.78 is 0. The average Bonchev–Trinajstić information content (AvgIpc) is 2.30. The number of thioether (sulfide) groups is 1. The Hall–Kier alpha value is -0.710. The van der Waals surface area contributed by atoms with E-state index in [1.54, 1.807) is 0 Å². The summed E-state index contributed by atoms with van der Waals surface area (Å²) in [6.07, 6.45) is 0. The third kappa shape index (κ3) is 3.37. The highest BCUT2D eigenvalue weighted by Crippen LogP contribution is 2.29. The zero-order chi connectivity index (χ0) is 12.3. The van der Waals surface area contributed by atoms with Gasteiger partial charge in [0.2, 0.25) is 5.91 Å². The summed E-state index contributed by atoms with van der Waals surface area (Å²) in [6.45, 7) is 1.23. The number of amides is 1. The molecule has 0 spiro atoms. The predicted octanol–water partition coefficient (Wildman–Crippen LogP) is 1.92. The number of nitrogens with two attached hydrogens (primary N) is 1. The van der Waals surface area contributed by atoms with Crippen LogP contribution in [0.1, 0.15) is 11.6 Å². The second-order valence-corrected chi connectivity index (χ2v) is 5.67. The van der Waals surface area contributed by atoms with E-state index in [0.29, 0.717) is 6.54 Å². The minimum Gasteiger partial charge on any atom is -0.369 e. The smallest absolute Gasteiger partial charge is 0.231 e.